The topological polar surface area (TPSA) is 67.3 Å². The fraction of sp³-hybridized carbons (Fsp3) is 0.545. The van der Waals surface area contributed by atoms with Crippen molar-refractivity contribution in [1.82, 2.24) is 9.88 Å². The molecule has 0 radical (unpaired) electrons. The van der Waals surface area contributed by atoms with E-state index in [1.165, 1.54) is 19.6 Å². The lowest BCUT2D eigenvalue weighted by atomic mass is 10.5. The Labute approximate surface area is 105 Å². The van der Waals surface area contributed by atoms with E-state index < -0.39 is 10.6 Å². The van der Waals surface area contributed by atoms with E-state index in [9.17, 15) is 0 Å². The lowest BCUT2D eigenvalue weighted by molar-refractivity contribution is 0.321. The van der Waals surface area contributed by atoms with E-state index in [2.05, 4.69) is 30.7 Å². The van der Waals surface area contributed by atoms with Crippen LogP contribution in [0.15, 0.2) is 30.6 Å². The number of nitrogens with zero attached hydrogens (tertiary/aromatic N) is 2. The lowest BCUT2D eigenvalue weighted by Gasteiger charge is -2.13. The van der Waals surface area contributed by atoms with Crippen LogP contribution in [0.4, 0.5) is 0 Å². The van der Waals surface area contributed by atoms with E-state index in [0.29, 0.717) is 0 Å². The molecule has 0 spiro atoms. The fourth-order valence-corrected chi connectivity index (χ4v) is 0.983. The molecule has 5 nitrogen and oxygen atoms in total. The molecule has 0 aliphatic heterocycles. The molecule has 1 aromatic heterocycles. The van der Waals surface area contributed by atoms with Crippen LogP contribution >= 0.6 is 0 Å². The predicted molar refractivity (Wildman–Crippen MR) is 67.4 cm³/mol. The highest BCUT2D eigenvalue weighted by molar-refractivity contribution is 7.59. The third kappa shape index (κ3) is 20.7. The summed E-state index contributed by atoms with van der Waals surface area (Å²) in [6.45, 7) is 10.1. The van der Waals surface area contributed by atoms with E-state index in [0.717, 1.165) is 0 Å². The molecule has 0 aromatic carbocycles. The van der Waals surface area contributed by atoms with Gasteiger partial charge in [0.2, 0.25) is 0 Å². The van der Waals surface area contributed by atoms with Gasteiger partial charge in [-0.3, -0.25) is 4.98 Å². The van der Waals surface area contributed by atoms with Crippen molar-refractivity contribution in [3.63, 3.8) is 0 Å². The Bertz CT molecular complexity index is 296. The maximum atomic E-state index is 8.44. The van der Waals surface area contributed by atoms with Gasteiger partial charge in [-0.25, -0.2) is 0 Å². The Morgan fingerprint density at radius 1 is 0.882 bits per heavy atom. The second-order valence-corrected chi connectivity index (χ2v) is 3.26. The minimum Gasteiger partial charge on any atom is -0.304 e. The first-order valence-corrected chi connectivity index (χ1v) is 6.42. The van der Waals surface area contributed by atoms with Crippen LogP contribution in [-0.2, 0) is 10.6 Å². The minimum absolute atomic E-state index is 1.19. The average Bonchev–Trinajstić information content (AvgIpc) is 2.34. The van der Waals surface area contributed by atoms with Crippen LogP contribution in [0.5, 0.6) is 0 Å². The third-order valence-corrected chi connectivity index (χ3v) is 1.91. The summed E-state index contributed by atoms with van der Waals surface area (Å²) in [5, 5.41) is 0. The van der Waals surface area contributed by atoms with E-state index in [4.69, 9.17) is 12.6 Å². The molecule has 0 saturated heterocycles. The molecule has 0 fully saturated rings. The van der Waals surface area contributed by atoms with Crippen LogP contribution in [0.25, 0.3) is 0 Å². The highest BCUT2D eigenvalue weighted by Gasteiger charge is 1.89. The molecule has 0 atom stereocenters. The quantitative estimate of drug-likeness (QED) is 0.822. The van der Waals surface area contributed by atoms with E-state index >= 15 is 0 Å². The van der Waals surface area contributed by atoms with Gasteiger partial charge in [-0.2, -0.15) is 0 Å². The highest BCUT2D eigenvalue weighted by atomic mass is 32.2. The first-order chi connectivity index (χ1) is 8.08. The van der Waals surface area contributed by atoms with E-state index in [-0.39, 0.29) is 0 Å². The monoisotopic (exact) mass is 260 g/mol. The molecule has 0 aliphatic rings. The summed E-state index contributed by atoms with van der Waals surface area (Å²) in [5.41, 5.74) is 0. The van der Waals surface area contributed by atoms with Crippen LogP contribution in [-0.4, -0.2) is 42.1 Å². The van der Waals surface area contributed by atoms with E-state index in [1.54, 1.807) is 12.4 Å². The number of hydrogen-bond acceptors (Lipinski definition) is 5. The molecule has 1 rings (SSSR count). The first kappa shape index (κ1) is 18.1. The standard InChI is InChI=1S/C6H15N.C5H5N.O3S/c1-4-7(5-2)6-3;1-2-4-6-5-3-1;1-4(2)3/h4-6H2,1-3H3;1-5H;. The Hall–Kier alpha value is -1.27. The summed E-state index contributed by atoms with van der Waals surface area (Å²) >= 11 is 0. The molecule has 0 unspecified atom stereocenters. The maximum absolute atomic E-state index is 8.44. The van der Waals surface area contributed by atoms with Crippen molar-refractivity contribution in [3.8, 4) is 0 Å². The highest BCUT2D eigenvalue weighted by Crippen LogP contribution is 1.81. The number of hydrogen-bond donors (Lipinski definition) is 0. The molecule has 0 N–H and O–H groups in total. The molecule has 17 heavy (non-hydrogen) atoms. The Morgan fingerprint density at radius 2 is 1.24 bits per heavy atom. The molecule has 0 aliphatic carbocycles. The summed E-state index contributed by atoms with van der Waals surface area (Å²) < 4.78 is 25.3. The molecular weight excluding hydrogens is 240 g/mol. The largest absolute Gasteiger partial charge is 0.425 e. The Kier molecular flexibility index (Phi) is 15.7. The minimum atomic E-state index is -3.11. The van der Waals surface area contributed by atoms with Crippen molar-refractivity contribution in [1.29, 1.82) is 0 Å². The predicted octanol–water partition coefficient (Wildman–Crippen LogP) is 1.43. The second kappa shape index (κ2) is 14.7. The van der Waals surface area contributed by atoms with Gasteiger partial charge in [0.25, 0.3) is 0 Å². The molecule has 0 bridgehead atoms. The van der Waals surface area contributed by atoms with Gasteiger partial charge in [0.05, 0.1) is 0 Å². The lowest BCUT2D eigenvalue weighted by Crippen LogP contribution is -2.21. The van der Waals surface area contributed by atoms with Gasteiger partial charge in [-0.05, 0) is 31.8 Å². The normalized spacial score (nSPS) is 8.47. The molecule has 1 heterocycles. The second-order valence-electron chi connectivity index (χ2n) is 2.85. The zero-order chi connectivity index (χ0) is 13.5. The number of rotatable bonds is 3. The third-order valence-electron chi connectivity index (χ3n) is 1.91. The van der Waals surface area contributed by atoms with E-state index in [1.807, 2.05) is 18.2 Å². The SMILES string of the molecule is CCN(CC)CC.O=S(=O)=O.c1ccncc1. The average molecular weight is 260 g/mol. The zero-order valence-corrected chi connectivity index (χ0v) is 11.4. The van der Waals surface area contributed by atoms with Crippen LogP contribution in [0.2, 0.25) is 0 Å². The number of aromatic nitrogens is 1. The van der Waals surface area contributed by atoms with Gasteiger partial charge in [0.15, 0.2) is 0 Å². The molecular formula is C11H20N2O3S. The molecule has 0 amide bonds. The van der Waals surface area contributed by atoms with Gasteiger partial charge >= 0.3 is 10.6 Å². The van der Waals surface area contributed by atoms with Gasteiger partial charge < -0.3 is 4.90 Å². The summed E-state index contributed by atoms with van der Waals surface area (Å²) in [5.74, 6) is 0. The first-order valence-electron chi connectivity index (χ1n) is 5.42. The molecule has 1 aromatic rings. The molecule has 6 heteroatoms. The van der Waals surface area contributed by atoms with Crippen molar-refractivity contribution >= 4 is 10.6 Å². The van der Waals surface area contributed by atoms with Crippen molar-refractivity contribution in [2.24, 2.45) is 0 Å². The van der Waals surface area contributed by atoms with Gasteiger partial charge in [0, 0.05) is 12.4 Å². The smallest absolute Gasteiger partial charge is 0.304 e. The molecule has 0 saturated carbocycles. The number of pyridine rings is 1. The van der Waals surface area contributed by atoms with Crippen molar-refractivity contribution in [3.05, 3.63) is 30.6 Å². The summed E-state index contributed by atoms with van der Waals surface area (Å²) in [4.78, 5) is 6.16. The van der Waals surface area contributed by atoms with Crippen LogP contribution in [0, 0.1) is 0 Å². The van der Waals surface area contributed by atoms with Crippen molar-refractivity contribution < 1.29 is 12.6 Å². The summed E-state index contributed by atoms with van der Waals surface area (Å²) in [6.07, 6.45) is 3.50. The van der Waals surface area contributed by atoms with Gasteiger partial charge in [-0.1, -0.05) is 26.8 Å². The van der Waals surface area contributed by atoms with Crippen molar-refractivity contribution in [2.45, 2.75) is 20.8 Å². The van der Waals surface area contributed by atoms with Crippen molar-refractivity contribution in [2.75, 3.05) is 19.6 Å². The van der Waals surface area contributed by atoms with Gasteiger partial charge in [-0.15, -0.1) is 12.6 Å². The fourth-order valence-electron chi connectivity index (χ4n) is 0.983. The maximum Gasteiger partial charge on any atom is 0.425 e. The Morgan fingerprint density at radius 3 is 1.29 bits per heavy atom. The van der Waals surface area contributed by atoms with Crippen LogP contribution in [0.1, 0.15) is 20.8 Å². The molecule has 98 valence electrons. The van der Waals surface area contributed by atoms with Crippen LogP contribution < -0.4 is 0 Å². The Balaban J connectivity index is 0. The summed E-state index contributed by atoms with van der Waals surface area (Å²) in [7, 11) is -3.11. The van der Waals surface area contributed by atoms with Crippen LogP contribution in [0.3, 0.4) is 0 Å². The zero-order valence-electron chi connectivity index (χ0n) is 10.5. The van der Waals surface area contributed by atoms with Gasteiger partial charge in [0.1, 0.15) is 0 Å². The summed E-state index contributed by atoms with van der Waals surface area (Å²) in [6, 6.07) is 5.72.